The number of rotatable bonds is 4. The topological polar surface area (TPSA) is 38.3 Å². The fourth-order valence-electron chi connectivity index (χ4n) is 1.00. The summed E-state index contributed by atoms with van der Waals surface area (Å²) in [6, 6.07) is 9.16. The Kier molecular flexibility index (Phi) is 3.52. The van der Waals surface area contributed by atoms with Crippen LogP contribution in [0.1, 0.15) is 6.92 Å². The van der Waals surface area contributed by atoms with Crippen LogP contribution in [0, 0.1) is 0 Å². The molecule has 0 saturated heterocycles. The summed E-state index contributed by atoms with van der Waals surface area (Å²) in [7, 11) is -2.66. The van der Waals surface area contributed by atoms with E-state index in [1.165, 1.54) is 0 Å². The SMILES string of the molecule is CCNP(C)(=O)Oc1ccccc1. The summed E-state index contributed by atoms with van der Waals surface area (Å²) in [5.41, 5.74) is 0. The summed E-state index contributed by atoms with van der Waals surface area (Å²) in [5.74, 6) is 0.634. The van der Waals surface area contributed by atoms with Gasteiger partial charge in [0.15, 0.2) is 0 Å². The van der Waals surface area contributed by atoms with Gasteiger partial charge >= 0.3 is 7.52 Å². The third-order valence-electron chi connectivity index (χ3n) is 1.47. The zero-order valence-electron chi connectivity index (χ0n) is 7.86. The minimum absolute atomic E-state index is 0.634. The first-order chi connectivity index (χ1) is 6.14. The molecule has 3 nitrogen and oxygen atoms in total. The van der Waals surface area contributed by atoms with Crippen molar-refractivity contribution in [3.05, 3.63) is 30.3 Å². The Bertz CT molecular complexity index is 300. The Morgan fingerprint density at radius 1 is 1.38 bits per heavy atom. The van der Waals surface area contributed by atoms with Crippen LogP contribution in [0.15, 0.2) is 30.3 Å². The van der Waals surface area contributed by atoms with Crippen LogP contribution in [0.4, 0.5) is 0 Å². The molecule has 1 aromatic rings. The van der Waals surface area contributed by atoms with Gasteiger partial charge in [-0.25, -0.2) is 5.09 Å². The van der Waals surface area contributed by atoms with Crippen LogP contribution in [0.3, 0.4) is 0 Å². The minimum Gasteiger partial charge on any atom is -0.433 e. The molecule has 0 aliphatic heterocycles. The van der Waals surface area contributed by atoms with Gasteiger partial charge in [0, 0.05) is 13.2 Å². The van der Waals surface area contributed by atoms with Gasteiger partial charge in [-0.2, -0.15) is 0 Å². The summed E-state index contributed by atoms with van der Waals surface area (Å²) in [5, 5.41) is 2.80. The lowest BCUT2D eigenvalue weighted by Gasteiger charge is -2.14. The molecule has 4 heteroatoms. The lowest BCUT2D eigenvalue weighted by Crippen LogP contribution is -2.12. The number of nitrogens with one attached hydrogen (secondary N) is 1. The zero-order valence-corrected chi connectivity index (χ0v) is 8.75. The highest BCUT2D eigenvalue weighted by atomic mass is 31.2. The van der Waals surface area contributed by atoms with E-state index in [0.29, 0.717) is 12.3 Å². The number of hydrogen-bond acceptors (Lipinski definition) is 2. The molecule has 0 aliphatic carbocycles. The van der Waals surface area contributed by atoms with E-state index in [4.69, 9.17) is 4.52 Å². The van der Waals surface area contributed by atoms with E-state index in [1.54, 1.807) is 18.8 Å². The molecule has 1 atom stereocenters. The van der Waals surface area contributed by atoms with E-state index in [-0.39, 0.29) is 0 Å². The number of para-hydroxylation sites is 1. The highest BCUT2D eigenvalue weighted by molar-refractivity contribution is 7.56. The first-order valence-electron chi connectivity index (χ1n) is 4.21. The maximum Gasteiger partial charge on any atom is 0.313 e. The molecule has 1 unspecified atom stereocenters. The molecule has 0 radical (unpaired) electrons. The lowest BCUT2D eigenvalue weighted by atomic mass is 10.3. The lowest BCUT2D eigenvalue weighted by molar-refractivity contribution is 0.475. The third-order valence-corrected chi connectivity index (χ3v) is 2.92. The van der Waals surface area contributed by atoms with E-state index >= 15 is 0 Å². The van der Waals surface area contributed by atoms with Crippen LogP contribution in [0.5, 0.6) is 5.75 Å². The van der Waals surface area contributed by atoms with E-state index in [1.807, 2.05) is 25.1 Å². The fourth-order valence-corrected chi connectivity index (χ4v) is 2.16. The van der Waals surface area contributed by atoms with Gasteiger partial charge in [-0.15, -0.1) is 0 Å². The molecule has 0 fully saturated rings. The molecule has 0 aliphatic rings. The van der Waals surface area contributed by atoms with E-state index in [9.17, 15) is 4.57 Å². The summed E-state index contributed by atoms with van der Waals surface area (Å²) >= 11 is 0. The molecule has 0 aromatic heterocycles. The second-order valence-corrected chi connectivity index (χ2v) is 4.95. The van der Waals surface area contributed by atoms with Gasteiger partial charge in [0.25, 0.3) is 0 Å². The summed E-state index contributed by atoms with van der Waals surface area (Å²) in [4.78, 5) is 0. The van der Waals surface area contributed by atoms with Crippen LogP contribution in [0.2, 0.25) is 0 Å². The first kappa shape index (κ1) is 10.3. The summed E-state index contributed by atoms with van der Waals surface area (Å²) in [6.07, 6.45) is 0. The van der Waals surface area contributed by atoms with E-state index in [2.05, 4.69) is 5.09 Å². The quantitative estimate of drug-likeness (QED) is 0.757. The normalized spacial score (nSPS) is 14.9. The molecule has 0 bridgehead atoms. The van der Waals surface area contributed by atoms with Crippen molar-refractivity contribution in [2.24, 2.45) is 0 Å². The Labute approximate surface area is 78.6 Å². The predicted octanol–water partition coefficient (Wildman–Crippen LogP) is 2.50. The van der Waals surface area contributed by atoms with Crippen LogP contribution < -0.4 is 9.61 Å². The predicted molar refractivity (Wildman–Crippen MR) is 54.3 cm³/mol. The molecule has 0 spiro atoms. The fraction of sp³-hybridized carbons (Fsp3) is 0.333. The van der Waals surface area contributed by atoms with Gasteiger partial charge < -0.3 is 4.52 Å². The van der Waals surface area contributed by atoms with Gasteiger partial charge in [-0.1, -0.05) is 25.1 Å². The summed E-state index contributed by atoms with van der Waals surface area (Å²) in [6.45, 7) is 4.11. The number of benzene rings is 1. The molecular formula is C9H14NO2P. The highest BCUT2D eigenvalue weighted by Crippen LogP contribution is 2.37. The van der Waals surface area contributed by atoms with Crippen LogP contribution in [-0.2, 0) is 4.57 Å². The van der Waals surface area contributed by atoms with Crippen LogP contribution >= 0.6 is 7.52 Å². The largest absolute Gasteiger partial charge is 0.433 e. The van der Waals surface area contributed by atoms with Crippen molar-refractivity contribution in [3.8, 4) is 5.75 Å². The second-order valence-electron chi connectivity index (χ2n) is 2.76. The molecular weight excluding hydrogens is 185 g/mol. The number of hydrogen-bond donors (Lipinski definition) is 1. The van der Waals surface area contributed by atoms with Crippen molar-refractivity contribution >= 4 is 7.52 Å². The van der Waals surface area contributed by atoms with Crippen molar-refractivity contribution in [2.75, 3.05) is 13.2 Å². The maximum atomic E-state index is 11.6. The molecule has 0 saturated carbocycles. The first-order valence-corrected chi connectivity index (χ1v) is 6.28. The third kappa shape index (κ3) is 3.62. The Morgan fingerprint density at radius 3 is 2.54 bits per heavy atom. The molecule has 1 aromatic carbocycles. The molecule has 1 rings (SSSR count). The molecule has 72 valence electrons. The molecule has 0 amide bonds. The molecule has 13 heavy (non-hydrogen) atoms. The molecule has 1 N–H and O–H groups in total. The Balaban J connectivity index is 2.64. The van der Waals surface area contributed by atoms with Crippen LogP contribution in [0.25, 0.3) is 0 Å². The van der Waals surface area contributed by atoms with Crippen molar-refractivity contribution < 1.29 is 9.09 Å². The van der Waals surface area contributed by atoms with Crippen molar-refractivity contribution in [1.82, 2.24) is 5.09 Å². The average Bonchev–Trinajstić information content (AvgIpc) is 2.04. The van der Waals surface area contributed by atoms with Gasteiger partial charge in [0.1, 0.15) is 5.75 Å². The zero-order chi connectivity index (χ0) is 9.73. The highest BCUT2D eigenvalue weighted by Gasteiger charge is 2.14. The van der Waals surface area contributed by atoms with Crippen molar-refractivity contribution in [2.45, 2.75) is 6.92 Å². The monoisotopic (exact) mass is 199 g/mol. The Hall–Kier alpha value is -0.790. The molecule has 0 heterocycles. The average molecular weight is 199 g/mol. The van der Waals surface area contributed by atoms with Crippen LogP contribution in [-0.4, -0.2) is 13.2 Å². The summed E-state index contributed by atoms with van der Waals surface area (Å²) < 4.78 is 16.9. The van der Waals surface area contributed by atoms with Gasteiger partial charge in [0.05, 0.1) is 0 Å². The Morgan fingerprint density at radius 2 is 2.00 bits per heavy atom. The van der Waals surface area contributed by atoms with Gasteiger partial charge in [-0.05, 0) is 12.1 Å². The second kappa shape index (κ2) is 4.45. The van der Waals surface area contributed by atoms with Crippen molar-refractivity contribution in [3.63, 3.8) is 0 Å². The van der Waals surface area contributed by atoms with Gasteiger partial charge in [0.2, 0.25) is 0 Å². The van der Waals surface area contributed by atoms with E-state index in [0.717, 1.165) is 0 Å². The van der Waals surface area contributed by atoms with E-state index < -0.39 is 7.52 Å². The van der Waals surface area contributed by atoms with Crippen molar-refractivity contribution in [1.29, 1.82) is 0 Å². The minimum atomic E-state index is -2.66. The standard InChI is InChI=1S/C9H14NO2P/c1-3-10-13(2,11)12-9-7-5-4-6-8-9/h4-8H,3H2,1-2H3,(H,10,11). The maximum absolute atomic E-state index is 11.6. The smallest absolute Gasteiger partial charge is 0.313 e. The van der Waals surface area contributed by atoms with Gasteiger partial charge in [-0.3, -0.25) is 4.57 Å².